The number of guanidine groups is 1. The van der Waals surface area contributed by atoms with Crippen LogP contribution in [0.3, 0.4) is 0 Å². The van der Waals surface area contributed by atoms with Crippen molar-refractivity contribution in [3.63, 3.8) is 0 Å². The van der Waals surface area contributed by atoms with E-state index in [9.17, 15) is 8.42 Å². The van der Waals surface area contributed by atoms with E-state index in [2.05, 4.69) is 5.10 Å². The highest BCUT2D eigenvalue weighted by Crippen LogP contribution is 2.30. The Kier molecular flexibility index (Phi) is 4.29. The van der Waals surface area contributed by atoms with Gasteiger partial charge in [-0.05, 0) is 29.8 Å². The van der Waals surface area contributed by atoms with Gasteiger partial charge in [-0.1, -0.05) is 41.9 Å². The molecule has 0 aromatic heterocycles. The minimum absolute atomic E-state index is 0.0220. The molecule has 24 heavy (non-hydrogen) atoms. The summed E-state index contributed by atoms with van der Waals surface area (Å²) >= 11 is 5.83. The molecule has 1 atom stereocenters. The van der Waals surface area contributed by atoms with Crippen LogP contribution in [0.5, 0.6) is 0 Å². The summed E-state index contributed by atoms with van der Waals surface area (Å²) in [4.78, 5) is 0.108. The van der Waals surface area contributed by atoms with Gasteiger partial charge in [0.1, 0.15) is 0 Å². The van der Waals surface area contributed by atoms with Crippen LogP contribution in [0, 0.1) is 5.41 Å². The Hall–Kier alpha value is -2.38. The highest BCUT2D eigenvalue weighted by atomic mass is 35.5. The van der Waals surface area contributed by atoms with Crippen LogP contribution in [0.15, 0.2) is 64.6 Å². The fourth-order valence-electron chi connectivity index (χ4n) is 2.54. The van der Waals surface area contributed by atoms with Gasteiger partial charge in [0.05, 0.1) is 17.4 Å². The predicted molar refractivity (Wildman–Crippen MR) is 93.9 cm³/mol. The van der Waals surface area contributed by atoms with Crippen molar-refractivity contribution in [2.24, 2.45) is 10.8 Å². The molecule has 0 aliphatic carbocycles. The first-order chi connectivity index (χ1) is 11.4. The molecule has 2 aromatic rings. The molecule has 3 N–H and O–H groups in total. The van der Waals surface area contributed by atoms with Crippen molar-refractivity contribution in [1.82, 2.24) is 5.01 Å². The fourth-order valence-corrected chi connectivity index (χ4v) is 4.19. The van der Waals surface area contributed by atoms with E-state index in [4.69, 9.17) is 22.7 Å². The van der Waals surface area contributed by atoms with E-state index in [1.54, 1.807) is 0 Å². The van der Waals surface area contributed by atoms with Gasteiger partial charge in [0.15, 0.2) is 5.04 Å². The average Bonchev–Trinajstić information content (AvgIpc) is 3.02. The Bertz CT molecular complexity index is 895. The lowest BCUT2D eigenvalue weighted by molar-refractivity contribution is 0.466. The van der Waals surface area contributed by atoms with Gasteiger partial charge < -0.3 is 5.73 Å². The topological polar surface area (TPSA) is 99.6 Å². The van der Waals surface area contributed by atoms with Crippen LogP contribution in [0.4, 0.5) is 0 Å². The number of hydrogen-bond acceptors (Lipinski definition) is 4. The number of nitrogens with two attached hydrogens (primary N) is 1. The summed E-state index contributed by atoms with van der Waals surface area (Å²) in [7, 11) is -3.82. The number of benzene rings is 2. The van der Waals surface area contributed by atoms with Crippen LogP contribution < -0.4 is 5.73 Å². The summed E-state index contributed by atoms with van der Waals surface area (Å²) in [5.74, 6) is -0.784. The summed E-state index contributed by atoms with van der Waals surface area (Å²) in [5.41, 5.74) is 6.30. The van der Waals surface area contributed by atoms with Crippen LogP contribution in [0.25, 0.3) is 0 Å². The standard InChI is InChI=1S/C16H15ClN4O2S/c17-12-6-8-13(9-7-12)24(22,23)15-14(10-21(20-15)16(18)19)11-4-2-1-3-5-11/h1-9,14H,10H2,(H3,18,19). The van der Waals surface area contributed by atoms with Gasteiger partial charge in [0.2, 0.25) is 15.8 Å². The van der Waals surface area contributed by atoms with Crippen LogP contribution >= 0.6 is 11.6 Å². The number of hydrazone groups is 1. The van der Waals surface area contributed by atoms with E-state index in [1.165, 1.54) is 29.3 Å². The van der Waals surface area contributed by atoms with Crippen molar-refractivity contribution in [2.75, 3.05) is 6.54 Å². The maximum Gasteiger partial charge on any atom is 0.222 e. The Morgan fingerprint density at radius 1 is 1.17 bits per heavy atom. The molecule has 1 aliphatic heterocycles. The molecular weight excluding hydrogens is 348 g/mol. The normalized spacial score (nSPS) is 17.6. The first-order valence-electron chi connectivity index (χ1n) is 7.15. The number of nitrogens with one attached hydrogen (secondary N) is 1. The lowest BCUT2D eigenvalue weighted by atomic mass is 10.0. The summed E-state index contributed by atoms with van der Waals surface area (Å²) in [5, 5.41) is 13.3. The Labute approximate surface area is 145 Å². The summed E-state index contributed by atoms with van der Waals surface area (Å²) in [6.45, 7) is 0.210. The molecule has 1 heterocycles. The molecule has 0 bridgehead atoms. The third-order valence-electron chi connectivity index (χ3n) is 3.75. The highest BCUT2D eigenvalue weighted by molar-refractivity contribution is 8.06. The molecule has 0 amide bonds. The predicted octanol–water partition coefficient (Wildman–Crippen LogP) is 2.42. The van der Waals surface area contributed by atoms with Gasteiger partial charge >= 0.3 is 0 Å². The van der Waals surface area contributed by atoms with Crippen molar-refractivity contribution in [3.05, 3.63) is 65.2 Å². The molecule has 1 unspecified atom stereocenters. The van der Waals surface area contributed by atoms with E-state index in [-0.39, 0.29) is 22.4 Å². The van der Waals surface area contributed by atoms with Gasteiger partial charge in [-0.15, -0.1) is 0 Å². The molecule has 0 radical (unpaired) electrons. The largest absolute Gasteiger partial charge is 0.369 e. The van der Waals surface area contributed by atoms with Gasteiger partial charge in [-0.3, -0.25) is 5.41 Å². The molecule has 0 saturated heterocycles. The molecule has 124 valence electrons. The van der Waals surface area contributed by atoms with Crippen molar-refractivity contribution in [3.8, 4) is 0 Å². The first-order valence-corrected chi connectivity index (χ1v) is 9.01. The molecule has 8 heteroatoms. The molecule has 1 aliphatic rings. The summed E-state index contributed by atoms with van der Waals surface area (Å²) in [6.07, 6.45) is 0. The van der Waals surface area contributed by atoms with Gasteiger partial charge in [0.25, 0.3) is 0 Å². The van der Waals surface area contributed by atoms with Crippen LogP contribution in [0.1, 0.15) is 11.5 Å². The SMILES string of the molecule is N=C(N)N1CC(c2ccccc2)C(S(=O)(=O)c2ccc(Cl)cc2)=N1. The maximum atomic E-state index is 13.0. The second kappa shape index (κ2) is 6.26. The van der Waals surface area contributed by atoms with Crippen molar-refractivity contribution in [2.45, 2.75) is 10.8 Å². The van der Waals surface area contributed by atoms with Gasteiger partial charge in [0, 0.05) is 5.02 Å². The van der Waals surface area contributed by atoms with Crippen LogP contribution in [0.2, 0.25) is 5.02 Å². The van der Waals surface area contributed by atoms with Crippen molar-refractivity contribution in [1.29, 1.82) is 5.41 Å². The van der Waals surface area contributed by atoms with Crippen molar-refractivity contribution >= 4 is 32.4 Å². The minimum Gasteiger partial charge on any atom is -0.369 e. The Morgan fingerprint density at radius 2 is 1.79 bits per heavy atom. The number of nitrogens with zero attached hydrogens (tertiary/aromatic N) is 2. The molecule has 2 aromatic carbocycles. The Balaban J connectivity index is 2.08. The van der Waals surface area contributed by atoms with Gasteiger partial charge in [-0.25, -0.2) is 13.4 Å². The third-order valence-corrected chi connectivity index (χ3v) is 5.81. The highest BCUT2D eigenvalue weighted by Gasteiger charge is 2.38. The first kappa shape index (κ1) is 16.5. The van der Waals surface area contributed by atoms with E-state index in [0.717, 1.165) is 5.56 Å². The van der Waals surface area contributed by atoms with Crippen LogP contribution in [-0.4, -0.2) is 31.0 Å². The number of hydrogen-bond donors (Lipinski definition) is 2. The average molecular weight is 363 g/mol. The molecule has 0 spiro atoms. The zero-order chi connectivity index (χ0) is 17.3. The second-order valence-electron chi connectivity index (χ2n) is 5.33. The number of rotatable bonds is 2. The smallest absolute Gasteiger partial charge is 0.222 e. The molecular formula is C16H15ClN4O2S. The number of sulfone groups is 1. The molecule has 0 fully saturated rings. The van der Waals surface area contributed by atoms with Crippen molar-refractivity contribution < 1.29 is 8.42 Å². The second-order valence-corrected chi connectivity index (χ2v) is 7.66. The lowest BCUT2D eigenvalue weighted by Crippen LogP contribution is -2.31. The molecule has 6 nitrogen and oxygen atoms in total. The summed E-state index contributed by atoms with van der Waals surface area (Å²) < 4.78 is 26.0. The quantitative estimate of drug-likeness (QED) is 0.633. The monoisotopic (exact) mass is 362 g/mol. The van der Waals surface area contributed by atoms with Crippen LogP contribution in [-0.2, 0) is 9.84 Å². The number of halogens is 1. The Morgan fingerprint density at radius 3 is 2.38 bits per heavy atom. The third kappa shape index (κ3) is 3.00. The lowest BCUT2D eigenvalue weighted by Gasteiger charge is -2.14. The van der Waals surface area contributed by atoms with E-state index in [1.807, 2.05) is 30.3 Å². The van der Waals surface area contributed by atoms with E-state index >= 15 is 0 Å². The molecule has 3 rings (SSSR count). The van der Waals surface area contributed by atoms with E-state index < -0.39 is 15.8 Å². The fraction of sp³-hybridized carbons (Fsp3) is 0.125. The molecule has 0 saturated carbocycles. The zero-order valence-electron chi connectivity index (χ0n) is 12.6. The summed E-state index contributed by atoms with van der Waals surface area (Å²) in [6, 6.07) is 15.1. The zero-order valence-corrected chi connectivity index (χ0v) is 14.1. The minimum atomic E-state index is -3.82. The van der Waals surface area contributed by atoms with Gasteiger partial charge in [-0.2, -0.15) is 5.10 Å². The maximum absolute atomic E-state index is 13.0. The van der Waals surface area contributed by atoms with E-state index in [0.29, 0.717) is 5.02 Å².